The Labute approximate surface area is 59.5 Å². The fourth-order valence-electron chi connectivity index (χ4n) is 2.04. The number of carbonyl (C=O) groups is 1. The summed E-state index contributed by atoms with van der Waals surface area (Å²) in [5.74, 6) is -0.0139. The molecule has 0 spiro atoms. The number of carbonyl (C=O) groups excluding carboxylic acids is 1. The summed E-state index contributed by atoms with van der Waals surface area (Å²) in [6.45, 7) is 3.56. The topological polar surface area (TPSA) is 37.3 Å². The van der Waals surface area contributed by atoms with Gasteiger partial charge < -0.3 is 5.11 Å². The van der Waals surface area contributed by atoms with Gasteiger partial charge in [0.05, 0.1) is 5.92 Å². The zero-order valence-electron chi connectivity index (χ0n) is 5.76. The molecule has 0 aliphatic heterocycles. The number of aliphatic hydroxyl groups is 1. The summed E-state index contributed by atoms with van der Waals surface area (Å²) in [5, 5.41) is 9.67. The van der Waals surface area contributed by atoms with Gasteiger partial charge in [-0.1, -0.05) is 6.58 Å². The predicted octanol–water partition coefficient (Wildman–Crippen LogP) is 0.656. The normalized spacial score (nSPS) is 45.1. The van der Waals surface area contributed by atoms with Gasteiger partial charge in [0.1, 0.15) is 5.60 Å². The number of Topliss-reactive ketones (excluding diaryl/α,β-unsaturated/α-hetero) is 1. The smallest absolute Gasteiger partial charge is 0.167 e. The first-order valence-corrected chi connectivity index (χ1v) is 3.62. The maximum absolute atomic E-state index is 11.0. The molecule has 0 saturated heterocycles. The monoisotopic (exact) mass is 138 g/mol. The zero-order chi connectivity index (χ0) is 7.35. The highest BCUT2D eigenvalue weighted by molar-refractivity contribution is 6.07. The van der Waals surface area contributed by atoms with Crippen molar-refractivity contribution in [3.63, 3.8) is 0 Å². The number of ketones is 1. The summed E-state index contributed by atoms with van der Waals surface area (Å²) >= 11 is 0. The number of fused-ring (bicyclic) bond motifs is 1. The Morgan fingerprint density at radius 1 is 1.70 bits per heavy atom. The maximum atomic E-state index is 11.0. The molecule has 0 amide bonds. The molecule has 0 heterocycles. The van der Waals surface area contributed by atoms with E-state index in [0.29, 0.717) is 5.57 Å². The van der Waals surface area contributed by atoms with Gasteiger partial charge in [-0.15, -0.1) is 0 Å². The van der Waals surface area contributed by atoms with Crippen molar-refractivity contribution >= 4 is 5.78 Å². The Bertz CT molecular complexity index is 219. The third-order valence-electron chi connectivity index (χ3n) is 2.76. The van der Waals surface area contributed by atoms with E-state index in [2.05, 4.69) is 6.58 Å². The molecule has 10 heavy (non-hydrogen) atoms. The number of rotatable bonds is 0. The molecular weight excluding hydrogens is 128 g/mol. The second-order valence-electron chi connectivity index (χ2n) is 3.21. The minimum atomic E-state index is -0.781. The molecular formula is C8H10O2. The second-order valence-corrected chi connectivity index (χ2v) is 3.21. The lowest BCUT2D eigenvalue weighted by Crippen LogP contribution is -2.53. The van der Waals surface area contributed by atoms with Crippen LogP contribution in [0.2, 0.25) is 0 Å². The van der Waals surface area contributed by atoms with Crippen LogP contribution in [0.3, 0.4) is 0 Å². The maximum Gasteiger partial charge on any atom is 0.167 e. The van der Waals surface area contributed by atoms with Gasteiger partial charge in [-0.05, 0) is 19.3 Å². The van der Waals surface area contributed by atoms with E-state index in [9.17, 15) is 9.90 Å². The summed E-state index contributed by atoms with van der Waals surface area (Å²) in [6.07, 6.45) is 2.56. The van der Waals surface area contributed by atoms with Crippen LogP contribution in [-0.2, 0) is 4.79 Å². The Hall–Kier alpha value is -0.630. The lowest BCUT2D eigenvalue weighted by Gasteiger charge is -2.40. The first kappa shape index (κ1) is 6.10. The van der Waals surface area contributed by atoms with Crippen LogP contribution in [0.25, 0.3) is 0 Å². The van der Waals surface area contributed by atoms with Gasteiger partial charge in [0.15, 0.2) is 5.78 Å². The predicted molar refractivity (Wildman–Crippen MR) is 36.4 cm³/mol. The summed E-state index contributed by atoms with van der Waals surface area (Å²) in [4.78, 5) is 11.0. The Morgan fingerprint density at radius 3 is 3.00 bits per heavy atom. The highest BCUT2D eigenvalue weighted by Crippen LogP contribution is 2.50. The van der Waals surface area contributed by atoms with Crippen LogP contribution in [0.5, 0.6) is 0 Å². The van der Waals surface area contributed by atoms with Crippen LogP contribution in [0, 0.1) is 5.92 Å². The first-order valence-electron chi connectivity index (χ1n) is 3.62. The molecule has 0 aromatic heterocycles. The second kappa shape index (κ2) is 1.51. The summed E-state index contributed by atoms with van der Waals surface area (Å²) in [5.41, 5.74) is -0.341. The fraction of sp³-hybridized carbons (Fsp3) is 0.625. The molecule has 54 valence electrons. The molecule has 2 atom stereocenters. The van der Waals surface area contributed by atoms with E-state index < -0.39 is 5.60 Å². The minimum absolute atomic E-state index is 0.0833. The third-order valence-corrected chi connectivity index (χ3v) is 2.76. The van der Waals surface area contributed by atoms with E-state index in [-0.39, 0.29) is 11.7 Å². The minimum Gasteiger partial charge on any atom is -0.384 e. The van der Waals surface area contributed by atoms with Gasteiger partial charge in [0.2, 0.25) is 0 Å². The molecule has 2 fully saturated rings. The van der Waals surface area contributed by atoms with Crippen molar-refractivity contribution in [1.29, 1.82) is 0 Å². The standard InChI is InChI=1S/C8H10O2/c1-5-7(9)6-3-2-4-8(5,6)10/h6,10H,1-4H2. The molecule has 2 aliphatic carbocycles. The summed E-state index contributed by atoms with van der Waals surface area (Å²) in [7, 11) is 0. The van der Waals surface area contributed by atoms with E-state index in [1.54, 1.807) is 0 Å². The Morgan fingerprint density at radius 2 is 2.40 bits per heavy atom. The lowest BCUT2D eigenvalue weighted by atomic mass is 9.67. The van der Waals surface area contributed by atoms with Crippen molar-refractivity contribution in [3.05, 3.63) is 12.2 Å². The summed E-state index contributed by atoms with van der Waals surface area (Å²) < 4.78 is 0. The van der Waals surface area contributed by atoms with Gasteiger partial charge in [-0.2, -0.15) is 0 Å². The van der Waals surface area contributed by atoms with Crippen LogP contribution in [0.1, 0.15) is 19.3 Å². The van der Waals surface area contributed by atoms with E-state index >= 15 is 0 Å². The molecule has 0 radical (unpaired) electrons. The highest BCUT2D eigenvalue weighted by atomic mass is 16.3. The molecule has 0 aromatic rings. The molecule has 2 saturated carbocycles. The number of hydrogen-bond donors (Lipinski definition) is 1. The van der Waals surface area contributed by atoms with Crippen LogP contribution < -0.4 is 0 Å². The van der Waals surface area contributed by atoms with Crippen molar-refractivity contribution in [3.8, 4) is 0 Å². The van der Waals surface area contributed by atoms with Crippen LogP contribution in [0.15, 0.2) is 12.2 Å². The molecule has 0 bridgehead atoms. The van der Waals surface area contributed by atoms with Gasteiger partial charge in [0.25, 0.3) is 0 Å². The van der Waals surface area contributed by atoms with Crippen molar-refractivity contribution < 1.29 is 9.90 Å². The molecule has 2 rings (SSSR count). The van der Waals surface area contributed by atoms with Crippen molar-refractivity contribution in [1.82, 2.24) is 0 Å². The molecule has 1 N–H and O–H groups in total. The fourth-order valence-corrected chi connectivity index (χ4v) is 2.04. The Kier molecular flexibility index (Phi) is 0.920. The van der Waals surface area contributed by atoms with E-state index in [1.807, 2.05) is 0 Å². The van der Waals surface area contributed by atoms with Crippen LogP contribution in [-0.4, -0.2) is 16.5 Å². The van der Waals surface area contributed by atoms with Gasteiger partial charge in [-0.3, -0.25) is 4.79 Å². The van der Waals surface area contributed by atoms with Crippen LogP contribution in [0.4, 0.5) is 0 Å². The lowest BCUT2D eigenvalue weighted by molar-refractivity contribution is -0.137. The van der Waals surface area contributed by atoms with Crippen molar-refractivity contribution in [2.24, 2.45) is 5.92 Å². The molecule has 2 aliphatic rings. The number of hydrogen-bond acceptors (Lipinski definition) is 2. The molecule has 2 unspecified atom stereocenters. The quantitative estimate of drug-likeness (QED) is 0.499. The van der Waals surface area contributed by atoms with Gasteiger partial charge in [0, 0.05) is 5.57 Å². The summed E-state index contributed by atoms with van der Waals surface area (Å²) in [6, 6.07) is 0. The van der Waals surface area contributed by atoms with Gasteiger partial charge in [-0.25, -0.2) is 0 Å². The third kappa shape index (κ3) is 0.430. The van der Waals surface area contributed by atoms with Crippen LogP contribution >= 0.6 is 0 Å². The average molecular weight is 138 g/mol. The SMILES string of the molecule is C=C1C(=O)C2CCCC12O. The zero-order valence-corrected chi connectivity index (χ0v) is 5.76. The van der Waals surface area contributed by atoms with E-state index in [4.69, 9.17) is 0 Å². The highest BCUT2D eigenvalue weighted by Gasteiger charge is 2.58. The average Bonchev–Trinajstić information content (AvgIpc) is 2.28. The molecule has 2 nitrogen and oxygen atoms in total. The first-order chi connectivity index (χ1) is 4.66. The van der Waals surface area contributed by atoms with Gasteiger partial charge >= 0.3 is 0 Å². The van der Waals surface area contributed by atoms with Crippen molar-refractivity contribution in [2.45, 2.75) is 24.9 Å². The van der Waals surface area contributed by atoms with Crippen molar-refractivity contribution in [2.75, 3.05) is 0 Å². The molecule has 2 heteroatoms. The largest absolute Gasteiger partial charge is 0.384 e. The molecule has 0 aromatic carbocycles. The van der Waals surface area contributed by atoms with E-state index in [0.717, 1.165) is 19.3 Å². The van der Waals surface area contributed by atoms with E-state index in [1.165, 1.54) is 0 Å². The Balaban J connectivity index is 2.35.